The molecule has 0 saturated carbocycles. The van der Waals surface area contributed by atoms with E-state index in [1.165, 1.54) is 5.56 Å². The summed E-state index contributed by atoms with van der Waals surface area (Å²) in [5.41, 5.74) is 1.90. The minimum Gasteiger partial charge on any atom is -0.380 e. The van der Waals surface area contributed by atoms with Crippen molar-refractivity contribution in [3.05, 3.63) is 33.8 Å². The Labute approximate surface area is 85.3 Å². The smallest absolute Gasteiger partial charge is 0.0992 e. The van der Waals surface area contributed by atoms with Gasteiger partial charge < -0.3 is 4.74 Å². The molecule has 1 aliphatic rings. The Morgan fingerprint density at radius 2 is 2.15 bits per heavy atom. The highest BCUT2D eigenvalue weighted by Crippen LogP contribution is 2.27. The van der Waals surface area contributed by atoms with Crippen LogP contribution in [0.5, 0.6) is 0 Å². The first-order valence-corrected chi connectivity index (χ1v) is 4.87. The summed E-state index contributed by atoms with van der Waals surface area (Å²) in [7, 11) is 0. The second-order valence-electron chi connectivity index (χ2n) is 3.12. The molecule has 1 aromatic carbocycles. The van der Waals surface area contributed by atoms with Crippen molar-refractivity contribution in [1.29, 1.82) is 5.26 Å². The van der Waals surface area contributed by atoms with Crippen molar-refractivity contribution in [2.45, 2.75) is 5.92 Å². The van der Waals surface area contributed by atoms with Crippen LogP contribution in [0.25, 0.3) is 0 Å². The van der Waals surface area contributed by atoms with Gasteiger partial charge in [-0.2, -0.15) is 5.26 Å². The second-order valence-corrected chi connectivity index (χ2v) is 4.04. The summed E-state index contributed by atoms with van der Waals surface area (Å²) in [6.07, 6.45) is 0. The van der Waals surface area contributed by atoms with Gasteiger partial charge in [-0.1, -0.05) is 15.9 Å². The van der Waals surface area contributed by atoms with Crippen LogP contribution in [0.15, 0.2) is 22.7 Å². The predicted molar refractivity (Wildman–Crippen MR) is 52.4 cm³/mol. The van der Waals surface area contributed by atoms with Crippen LogP contribution in [0.2, 0.25) is 0 Å². The van der Waals surface area contributed by atoms with Crippen molar-refractivity contribution < 1.29 is 4.74 Å². The zero-order chi connectivity index (χ0) is 9.26. The molecule has 0 amide bonds. The molecule has 0 unspecified atom stereocenters. The Morgan fingerprint density at radius 3 is 2.69 bits per heavy atom. The van der Waals surface area contributed by atoms with Gasteiger partial charge in [0.1, 0.15) is 0 Å². The summed E-state index contributed by atoms with van der Waals surface area (Å²) in [5, 5.41) is 8.76. The van der Waals surface area contributed by atoms with Gasteiger partial charge in [0.15, 0.2) is 0 Å². The zero-order valence-electron chi connectivity index (χ0n) is 6.96. The van der Waals surface area contributed by atoms with Gasteiger partial charge in [-0.3, -0.25) is 0 Å². The molecule has 0 N–H and O–H groups in total. The summed E-state index contributed by atoms with van der Waals surface area (Å²) >= 11 is 3.38. The Kier molecular flexibility index (Phi) is 2.34. The second kappa shape index (κ2) is 3.49. The van der Waals surface area contributed by atoms with Gasteiger partial charge in [-0.05, 0) is 23.8 Å². The van der Waals surface area contributed by atoms with Gasteiger partial charge in [-0.25, -0.2) is 0 Å². The van der Waals surface area contributed by atoms with Crippen LogP contribution in [-0.2, 0) is 4.74 Å². The predicted octanol–water partition coefficient (Wildman–Crippen LogP) is 2.43. The Balaban J connectivity index is 2.35. The van der Waals surface area contributed by atoms with Crippen molar-refractivity contribution >= 4 is 15.9 Å². The maximum atomic E-state index is 8.76. The lowest BCUT2D eigenvalue weighted by Gasteiger charge is -2.26. The number of rotatable bonds is 1. The summed E-state index contributed by atoms with van der Waals surface area (Å²) in [5.74, 6) is 0.476. The van der Waals surface area contributed by atoms with E-state index in [0.717, 1.165) is 17.7 Å². The number of benzene rings is 1. The lowest BCUT2D eigenvalue weighted by molar-refractivity contribution is 0.00839. The quantitative estimate of drug-likeness (QED) is 0.752. The molecular formula is C10H8BrNO. The normalized spacial score (nSPS) is 16.3. The molecule has 2 nitrogen and oxygen atoms in total. The molecule has 1 fully saturated rings. The van der Waals surface area contributed by atoms with Crippen LogP contribution in [0.4, 0.5) is 0 Å². The molecule has 1 saturated heterocycles. The van der Waals surface area contributed by atoms with Crippen molar-refractivity contribution in [3.8, 4) is 6.07 Å². The van der Waals surface area contributed by atoms with Crippen LogP contribution in [0.1, 0.15) is 17.0 Å². The first kappa shape index (κ1) is 8.74. The van der Waals surface area contributed by atoms with Gasteiger partial charge in [-0.15, -0.1) is 0 Å². The molecule has 3 heteroatoms. The topological polar surface area (TPSA) is 33.0 Å². The third-order valence-electron chi connectivity index (χ3n) is 2.16. The van der Waals surface area contributed by atoms with E-state index in [1.54, 1.807) is 0 Å². The lowest BCUT2D eigenvalue weighted by Crippen LogP contribution is -2.25. The van der Waals surface area contributed by atoms with E-state index in [9.17, 15) is 0 Å². The molecular weight excluding hydrogens is 230 g/mol. The van der Waals surface area contributed by atoms with Crippen molar-refractivity contribution in [2.24, 2.45) is 0 Å². The summed E-state index contributed by atoms with van der Waals surface area (Å²) in [6.45, 7) is 1.56. The first-order valence-electron chi connectivity index (χ1n) is 4.08. The van der Waals surface area contributed by atoms with Gasteiger partial charge in [0, 0.05) is 10.4 Å². The van der Waals surface area contributed by atoms with Gasteiger partial charge in [0.05, 0.1) is 24.8 Å². The van der Waals surface area contributed by atoms with Gasteiger partial charge in [0.2, 0.25) is 0 Å². The maximum absolute atomic E-state index is 8.76. The third kappa shape index (κ3) is 1.74. The van der Waals surface area contributed by atoms with Crippen molar-refractivity contribution in [2.75, 3.05) is 13.2 Å². The molecule has 66 valence electrons. The molecule has 0 spiro atoms. The molecule has 0 radical (unpaired) electrons. The molecule has 0 aliphatic carbocycles. The fourth-order valence-electron chi connectivity index (χ4n) is 1.34. The van der Waals surface area contributed by atoms with Gasteiger partial charge >= 0.3 is 0 Å². The van der Waals surface area contributed by atoms with Crippen molar-refractivity contribution in [3.63, 3.8) is 0 Å². The fourth-order valence-corrected chi connectivity index (χ4v) is 1.85. The highest BCUT2D eigenvalue weighted by Gasteiger charge is 2.20. The van der Waals surface area contributed by atoms with Crippen LogP contribution in [-0.4, -0.2) is 13.2 Å². The number of nitrogens with zero attached hydrogens (tertiary/aromatic N) is 1. The molecule has 13 heavy (non-hydrogen) atoms. The minimum absolute atomic E-state index is 0.476. The summed E-state index contributed by atoms with van der Waals surface area (Å²) < 4.78 is 6.07. The zero-order valence-corrected chi connectivity index (χ0v) is 8.54. The molecule has 1 aromatic rings. The van der Waals surface area contributed by atoms with Gasteiger partial charge in [0.25, 0.3) is 0 Å². The van der Waals surface area contributed by atoms with Crippen LogP contribution in [0.3, 0.4) is 0 Å². The largest absolute Gasteiger partial charge is 0.380 e. The number of nitriles is 1. The maximum Gasteiger partial charge on any atom is 0.0992 e. The molecule has 1 aliphatic heterocycles. The summed E-state index contributed by atoms with van der Waals surface area (Å²) in [6, 6.07) is 7.94. The molecule has 0 bridgehead atoms. The van der Waals surface area contributed by atoms with E-state index in [4.69, 9.17) is 10.00 Å². The van der Waals surface area contributed by atoms with Crippen molar-refractivity contribution in [1.82, 2.24) is 0 Å². The Hall–Kier alpha value is -0.850. The monoisotopic (exact) mass is 237 g/mol. The number of ether oxygens (including phenoxy) is 1. The molecule has 2 rings (SSSR count). The van der Waals surface area contributed by atoms with E-state index in [2.05, 4.69) is 22.0 Å². The van der Waals surface area contributed by atoms with E-state index in [1.807, 2.05) is 18.2 Å². The van der Waals surface area contributed by atoms with Crippen LogP contribution >= 0.6 is 15.9 Å². The molecule has 1 heterocycles. The van der Waals surface area contributed by atoms with E-state index >= 15 is 0 Å². The van der Waals surface area contributed by atoms with Crippen LogP contribution in [0, 0.1) is 11.3 Å². The van der Waals surface area contributed by atoms with E-state index < -0.39 is 0 Å². The summed E-state index contributed by atoms with van der Waals surface area (Å²) in [4.78, 5) is 0. The number of hydrogen-bond donors (Lipinski definition) is 0. The standard InChI is InChI=1S/C10H8BrNO/c11-10-2-7(4-12)1-8(3-10)9-5-13-6-9/h1-3,9H,5-6H2. The van der Waals surface area contributed by atoms with E-state index in [-0.39, 0.29) is 0 Å². The lowest BCUT2D eigenvalue weighted by atomic mass is 9.96. The number of halogens is 1. The highest BCUT2D eigenvalue weighted by molar-refractivity contribution is 9.10. The first-order chi connectivity index (χ1) is 6.29. The van der Waals surface area contributed by atoms with Crippen LogP contribution < -0.4 is 0 Å². The average molecular weight is 238 g/mol. The molecule has 0 aromatic heterocycles. The minimum atomic E-state index is 0.476. The number of hydrogen-bond acceptors (Lipinski definition) is 2. The Morgan fingerprint density at radius 1 is 1.38 bits per heavy atom. The SMILES string of the molecule is N#Cc1cc(Br)cc(C2COC2)c1. The fraction of sp³-hybridized carbons (Fsp3) is 0.300. The Bertz CT molecular complexity index is 366. The molecule has 0 atom stereocenters. The van der Waals surface area contributed by atoms with E-state index in [0.29, 0.717) is 11.5 Å². The third-order valence-corrected chi connectivity index (χ3v) is 2.62. The highest BCUT2D eigenvalue weighted by atomic mass is 79.9. The average Bonchev–Trinajstić information content (AvgIpc) is 2.00.